The number of ketones is 1. The summed E-state index contributed by atoms with van der Waals surface area (Å²) in [5, 5.41) is 11.9. The van der Waals surface area contributed by atoms with E-state index in [1.54, 1.807) is 6.33 Å². The van der Waals surface area contributed by atoms with Crippen LogP contribution in [0, 0.1) is 40.4 Å². The van der Waals surface area contributed by atoms with Crippen molar-refractivity contribution in [2.75, 3.05) is 6.54 Å². The number of allylic oxidation sites excluding steroid dienone is 3. The molecule has 2 N–H and O–H groups in total. The predicted molar refractivity (Wildman–Crippen MR) is 125 cm³/mol. The van der Waals surface area contributed by atoms with Crippen molar-refractivity contribution in [1.29, 1.82) is 0 Å². The van der Waals surface area contributed by atoms with Gasteiger partial charge in [0.1, 0.15) is 11.5 Å². The van der Waals surface area contributed by atoms with E-state index in [1.165, 1.54) is 25.7 Å². The number of aromatic nitrogens is 2. The van der Waals surface area contributed by atoms with Crippen molar-refractivity contribution in [3.8, 4) is 0 Å². The molecule has 5 nitrogen and oxygen atoms in total. The van der Waals surface area contributed by atoms with Crippen LogP contribution in [0.3, 0.4) is 0 Å². The third-order valence-electron chi connectivity index (χ3n) is 10.5. The first-order valence-corrected chi connectivity index (χ1v) is 12.6. The van der Waals surface area contributed by atoms with E-state index in [-0.39, 0.29) is 17.1 Å². The third kappa shape index (κ3) is 2.48. The van der Waals surface area contributed by atoms with Crippen LogP contribution in [0.15, 0.2) is 35.3 Å². The first-order chi connectivity index (χ1) is 15.4. The van der Waals surface area contributed by atoms with Gasteiger partial charge < -0.3 is 10.1 Å². The molecule has 1 aromatic rings. The summed E-state index contributed by atoms with van der Waals surface area (Å²) in [6.07, 6.45) is 12.3. The normalized spacial score (nSPS) is 43.1. The highest BCUT2D eigenvalue weighted by molar-refractivity contribution is 6.29. The molecule has 0 saturated heterocycles. The summed E-state index contributed by atoms with van der Waals surface area (Å²) >= 11 is 0. The van der Waals surface area contributed by atoms with Crippen molar-refractivity contribution in [2.45, 2.75) is 65.2 Å². The van der Waals surface area contributed by atoms with Gasteiger partial charge in [-0.3, -0.25) is 9.79 Å². The Balaban J connectivity index is 1.43. The number of hydrogen-bond donors (Lipinski definition) is 2. The van der Waals surface area contributed by atoms with Crippen LogP contribution in [-0.4, -0.2) is 33.1 Å². The summed E-state index contributed by atoms with van der Waals surface area (Å²) in [6.45, 7) is 9.53. The number of hydrogen-bond acceptors (Lipinski definition) is 4. The zero-order chi connectivity index (χ0) is 22.3. The van der Waals surface area contributed by atoms with Gasteiger partial charge in [-0.1, -0.05) is 19.9 Å². The highest BCUT2D eigenvalue weighted by Crippen LogP contribution is 2.68. The average molecular weight is 434 g/mol. The van der Waals surface area contributed by atoms with Crippen molar-refractivity contribution in [2.24, 2.45) is 45.4 Å². The van der Waals surface area contributed by atoms with Gasteiger partial charge in [0.05, 0.1) is 17.6 Å². The molecule has 0 spiro atoms. The Hall–Kier alpha value is -2.17. The van der Waals surface area contributed by atoms with E-state index >= 15 is 0 Å². The van der Waals surface area contributed by atoms with Crippen LogP contribution >= 0.6 is 0 Å². The number of aliphatic hydroxyl groups excluding tert-OH is 1. The summed E-state index contributed by atoms with van der Waals surface area (Å²) in [5.41, 5.74) is 2.84. The van der Waals surface area contributed by atoms with Crippen LogP contribution in [0.1, 0.15) is 70.2 Å². The molecule has 0 radical (unpaired) electrons. The van der Waals surface area contributed by atoms with Gasteiger partial charge in [0, 0.05) is 30.5 Å². The molecule has 0 bridgehead atoms. The summed E-state index contributed by atoms with van der Waals surface area (Å²) in [5.74, 6) is 2.93. The highest BCUT2D eigenvalue weighted by Gasteiger charge is 2.62. The summed E-state index contributed by atoms with van der Waals surface area (Å²) in [6, 6.07) is 0. The monoisotopic (exact) mass is 433 g/mol. The van der Waals surface area contributed by atoms with Crippen LogP contribution < -0.4 is 0 Å². The number of carbonyl (C=O) groups excluding carboxylic acids is 1. The standard InChI is InChI=1S/C27H35N3O2/c1-4-15-6-8-18-17-7-5-16-13-21(31)22(24-23-20(10-12-28-24)29-14-30-23)25(32)27(16,3)19(17)9-11-26(15,18)2/h4,14-19,32H,1,5-13H2,2-3H3,(H,29,30)/t15-,16-,17-,18-,19-,26+,27-/m0/s1. The van der Waals surface area contributed by atoms with Crippen LogP contribution in [0.4, 0.5) is 0 Å². The first kappa shape index (κ1) is 20.4. The van der Waals surface area contributed by atoms with E-state index in [0.717, 1.165) is 30.7 Å². The lowest BCUT2D eigenvalue weighted by Gasteiger charge is -2.59. The van der Waals surface area contributed by atoms with Crippen LogP contribution in [0.2, 0.25) is 0 Å². The van der Waals surface area contributed by atoms with E-state index in [0.29, 0.717) is 59.1 Å². The number of carbonyl (C=O) groups is 1. The van der Waals surface area contributed by atoms with Crippen molar-refractivity contribution in [3.05, 3.63) is 41.7 Å². The van der Waals surface area contributed by atoms with Gasteiger partial charge >= 0.3 is 0 Å². The minimum atomic E-state index is -0.351. The molecule has 3 saturated carbocycles. The van der Waals surface area contributed by atoms with Crippen LogP contribution in [0.25, 0.3) is 0 Å². The summed E-state index contributed by atoms with van der Waals surface area (Å²) in [7, 11) is 0. The Morgan fingerprint density at radius 1 is 1.19 bits per heavy atom. The van der Waals surface area contributed by atoms with Gasteiger partial charge in [-0.2, -0.15) is 0 Å². The molecule has 4 aliphatic carbocycles. The molecule has 7 atom stereocenters. The van der Waals surface area contributed by atoms with Crippen molar-refractivity contribution in [3.63, 3.8) is 0 Å². The fraction of sp³-hybridized carbons (Fsp3) is 0.667. The minimum absolute atomic E-state index is 0.0475. The maximum absolute atomic E-state index is 13.4. The molecule has 0 aromatic carbocycles. The number of H-pyrrole nitrogens is 1. The van der Waals surface area contributed by atoms with Gasteiger partial charge in [-0.05, 0) is 73.5 Å². The van der Waals surface area contributed by atoms with E-state index in [9.17, 15) is 9.90 Å². The molecule has 6 rings (SSSR count). The van der Waals surface area contributed by atoms with E-state index < -0.39 is 0 Å². The fourth-order valence-electron chi connectivity index (χ4n) is 8.78. The van der Waals surface area contributed by atoms with Gasteiger partial charge in [0.25, 0.3) is 0 Å². The second-order valence-electron chi connectivity index (χ2n) is 11.5. The lowest BCUT2D eigenvalue weighted by atomic mass is 9.45. The molecule has 5 heteroatoms. The molecule has 5 aliphatic rings. The Kier molecular flexibility index (Phi) is 4.42. The number of aliphatic imine (C=N–C) groups is 1. The SMILES string of the molecule is C=C[C@H]1CC[C@H]2[C@@H]3CC[C@H]4CC(=O)C(C5=NCCc6[nH]cnc65)=C(O)[C@]4(C)[C@H]3CC[C@]12C. The highest BCUT2D eigenvalue weighted by atomic mass is 16.3. The molecule has 32 heavy (non-hydrogen) atoms. The van der Waals surface area contributed by atoms with Gasteiger partial charge in [0.2, 0.25) is 0 Å². The quantitative estimate of drug-likeness (QED) is 0.629. The van der Waals surface area contributed by atoms with Gasteiger partial charge in [-0.15, -0.1) is 6.58 Å². The molecule has 3 fully saturated rings. The second-order valence-corrected chi connectivity index (χ2v) is 11.5. The molecule has 1 aromatic heterocycles. The van der Waals surface area contributed by atoms with Gasteiger partial charge in [-0.25, -0.2) is 4.98 Å². The maximum Gasteiger partial charge on any atom is 0.168 e. The third-order valence-corrected chi connectivity index (χ3v) is 10.5. The number of aromatic amines is 1. The lowest BCUT2D eigenvalue weighted by Crippen LogP contribution is -2.55. The molecule has 0 unspecified atom stereocenters. The Morgan fingerprint density at radius 3 is 2.84 bits per heavy atom. The summed E-state index contributed by atoms with van der Waals surface area (Å²) in [4.78, 5) is 25.7. The number of nitrogens with one attached hydrogen (secondary N) is 1. The molecule has 1 aliphatic heterocycles. The van der Waals surface area contributed by atoms with Crippen molar-refractivity contribution in [1.82, 2.24) is 9.97 Å². The molecule has 0 amide bonds. The van der Waals surface area contributed by atoms with Crippen LogP contribution in [-0.2, 0) is 11.2 Å². The Morgan fingerprint density at radius 2 is 2.03 bits per heavy atom. The fourth-order valence-corrected chi connectivity index (χ4v) is 8.78. The Bertz CT molecular complexity index is 1050. The lowest BCUT2D eigenvalue weighted by molar-refractivity contribution is -0.127. The number of fused-ring (bicyclic) bond motifs is 6. The number of aliphatic hydroxyl groups is 1. The van der Waals surface area contributed by atoms with Gasteiger partial charge in [0.15, 0.2) is 5.78 Å². The molecule has 2 heterocycles. The number of rotatable bonds is 2. The summed E-state index contributed by atoms with van der Waals surface area (Å²) < 4.78 is 0. The molecule has 170 valence electrons. The van der Waals surface area contributed by atoms with Crippen LogP contribution in [0.5, 0.6) is 0 Å². The largest absolute Gasteiger partial charge is 0.511 e. The van der Waals surface area contributed by atoms with Crippen molar-refractivity contribution >= 4 is 11.5 Å². The smallest absolute Gasteiger partial charge is 0.168 e. The second kappa shape index (κ2) is 6.91. The maximum atomic E-state index is 13.4. The number of imidazole rings is 1. The average Bonchev–Trinajstić information content (AvgIpc) is 3.39. The topological polar surface area (TPSA) is 78.3 Å². The van der Waals surface area contributed by atoms with E-state index in [4.69, 9.17) is 4.99 Å². The number of nitrogens with zero attached hydrogens (tertiary/aromatic N) is 2. The Labute approximate surface area is 190 Å². The van der Waals surface area contributed by atoms with E-state index in [2.05, 4.69) is 36.5 Å². The van der Waals surface area contributed by atoms with E-state index in [1.807, 2.05) is 0 Å². The first-order valence-electron chi connectivity index (χ1n) is 12.6. The van der Waals surface area contributed by atoms with Crippen molar-refractivity contribution < 1.29 is 9.90 Å². The zero-order valence-electron chi connectivity index (χ0n) is 19.4. The predicted octanol–water partition coefficient (Wildman–Crippen LogP) is 5.20. The minimum Gasteiger partial charge on any atom is -0.511 e. The molecular weight excluding hydrogens is 398 g/mol. The molecular formula is C27H35N3O2. The number of Topliss-reactive ketones (excluding diaryl/α,β-unsaturated/α-hetero) is 1. The zero-order valence-corrected chi connectivity index (χ0v) is 19.4.